The van der Waals surface area contributed by atoms with E-state index < -0.39 is 0 Å². The molecule has 3 aliphatic heterocycles. The molecule has 0 bridgehead atoms. The molecule has 8 nitrogen and oxygen atoms in total. The van der Waals surface area contributed by atoms with Crippen molar-refractivity contribution in [3.05, 3.63) is 30.1 Å². The number of imidazole rings is 1. The van der Waals surface area contributed by atoms with Crippen LogP contribution >= 0.6 is 0 Å². The average molecular weight is 437 g/mol. The number of para-hydroxylation sites is 2. The van der Waals surface area contributed by atoms with E-state index in [2.05, 4.69) is 21.9 Å². The number of piperidine rings is 1. The molecule has 0 spiro atoms. The second-order valence-corrected chi connectivity index (χ2v) is 9.97. The minimum Gasteiger partial charge on any atom is -0.342 e. The van der Waals surface area contributed by atoms with E-state index in [4.69, 9.17) is 4.98 Å². The van der Waals surface area contributed by atoms with E-state index in [0.717, 1.165) is 49.2 Å². The van der Waals surface area contributed by atoms with Gasteiger partial charge in [0.2, 0.25) is 11.8 Å². The van der Waals surface area contributed by atoms with Crippen LogP contribution in [0.25, 0.3) is 11.0 Å². The van der Waals surface area contributed by atoms with E-state index in [1.54, 1.807) is 0 Å². The number of carbonyl (C=O) groups is 2. The molecule has 4 fully saturated rings. The van der Waals surface area contributed by atoms with Crippen LogP contribution in [0.4, 0.5) is 0 Å². The van der Waals surface area contributed by atoms with Crippen molar-refractivity contribution in [2.75, 3.05) is 19.6 Å². The van der Waals surface area contributed by atoms with E-state index in [-0.39, 0.29) is 23.9 Å². The Morgan fingerprint density at radius 1 is 1.03 bits per heavy atom. The first-order chi connectivity index (χ1) is 15.7. The fourth-order valence-electron chi connectivity index (χ4n) is 6.29. The standard InChI is InChI=1S/C24H32N6O2/c31-21-13-16(14-30(21)23-17-5-1-2-6-18(17)27-28-23)24(32)29-11-9-15(10-12-29)22-25-19-7-3-4-8-20(19)26-22/h3-4,7-8,15-18,23,27-28H,1-2,5-6,9-14H2,(H,25,26). The zero-order valence-corrected chi connectivity index (χ0v) is 18.4. The molecule has 4 heterocycles. The molecule has 2 amide bonds. The molecule has 1 saturated carbocycles. The maximum atomic E-state index is 13.3. The van der Waals surface area contributed by atoms with Crippen LogP contribution in [0.1, 0.15) is 56.7 Å². The summed E-state index contributed by atoms with van der Waals surface area (Å²) in [6, 6.07) is 8.56. The van der Waals surface area contributed by atoms with Crippen molar-refractivity contribution in [2.45, 2.75) is 63.1 Å². The number of nitrogens with zero attached hydrogens (tertiary/aromatic N) is 3. The molecule has 1 aromatic carbocycles. The molecule has 3 saturated heterocycles. The highest BCUT2D eigenvalue weighted by molar-refractivity contribution is 5.89. The third kappa shape index (κ3) is 3.49. The average Bonchev–Trinajstić information content (AvgIpc) is 3.55. The predicted octanol–water partition coefficient (Wildman–Crippen LogP) is 2.11. The molecule has 8 heteroatoms. The molecular formula is C24H32N6O2. The van der Waals surface area contributed by atoms with Crippen LogP contribution < -0.4 is 10.9 Å². The number of hydrogen-bond acceptors (Lipinski definition) is 5. The Kier molecular flexibility index (Phi) is 5.14. The molecule has 2 aromatic rings. The van der Waals surface area contributed by atoms with Crippen LogP contribution in [0.5, 0.6) is 0 Å². The van der Waals surface area contributed by atoms with Gasteiger partial charge in [-0.3, -0.25) is 15.0 Å². The smallest absolute Gasteiger partial charge is 0.227 e. The minimum atomic E-state index is -0.213. The van der Waals surface area contributed by atoms with Crippen LogP contribution in [0.3, 0.4) is 0 Å². The lowest BCUT2D eigenvalue weighted by Gasteiger charge is -2.34. The number of aromatic nitrogens is 2. The molecule has 3 N–H and O–H groups in total. The van der Waals surface area contributed by atoms with Gasteiger partial charge in [0, 0.05) is 43.9 Å². The Labute approximate surface area is 188 Å². The topological polar surface area (TPSA) is 93.4 Å². The molecule has 0 radical (unpaired) electrons. The normalized spacial score (nSPS) is 31.4. The molecule has 32 heavy (non-hydrogen) atoms. The summed E-state index contributed by atoms with van der Waals surface area (Å²) >= 11 is 0. The maximum Gasteiger partial charge on any atom is 0.227 e. The predicted molar refractivity (Wildman–Crippen MR) is 120 cm³/mol. The van der Waals surface area contributed by atoms with Crippen molar-refractivity contribution < 1.29 is 9.59 Å². The van der Waals surface area contributed by atoms with Gasteiger partial charge in [-0.1, -0.05) is 25.0 Å². The molecule has 170 valence electrons. The Balaban J connectivity index is 1.07. The molecule has 4 atom stereocenters. The fraction of sp³-hybridized carbons (Fsp3) is 0.625. The first-order valence-electron chi connectivity index (χ1n) is 12.2. The summed E-state index contributed by atoms with van der Waals surface area (Å²) in [6.07, 6.45) is 6.99. The van der Waals surface area contributed by atoms with Gasteiger partial charge in [-0.15, -0.1) is 0 Å². The van der Waals surface area contributed by atoms with E-state index in [1.165, 1.54) is 19.3 Å². The minimum absolute atomic E-state index is 0.0319. The lowest BCUT2D eigenvalue weighted by molar-refractivity contribution is -0.136. The SMILES string of the molecule is O=C(C1CC(=O)N(C2NNC3CCCCC32)C1)N1CCC(c2nc3ccccc3[nH]2)CC1. The first kappa shape index (κ1) is 20.2. The zero-order valence-electron chi connectivity index (χ0n) is 18.4. The highest BCUT2D eigenvalue weighted by atomic mass is 16.2. The number of rotatable bonds is 3. The van der Waals surface area contributed by atoms with Crippen molar-refractivity contribution in [3.8, 4) is 0 Å². The Morgan fingerprint density at radius 2 is 1.84 bits per heavy atom. The van der Waals surface area contributed by atoms with E-state index in [9.17, 15) is 9.59 Å². The molecule has 4 unspecified atom stereocenters. The van der Waals surface area contributed by atoms with Crippen LogP contribution in [-0.4, -0.2) is 63.4 Å². The Bertz CT molecular complexity index is 980. The van der Waals surface area contributed by atoms with Crippen LogP contribution in [0.15, 0.2) is 24.3 Å². The molecule has 1 aliphatic carbocycles. The number of H-pyrrole nitrogens is 1. The monoisotopic (exact) mass is 436 g/mol. The van der Waals surface area contributed by atoms with Crippen molar-refractivity contribution in [3.63, 3.8) is 0 Å². The lowest BCUT2D eigenvalue weighted by atomic mass is 9.84. The number of fused-ring (bicyclic) bond motifs is 2. The number of aromatic amines is 1. The molecule has 1 aromatic heterocycles. The second kappa shape index (κ2) is 8.15. The van der Waals surface area contributed by atoms with Crippen LogP contribution in [0, 0.1) is 11.8 Å². The second-order valence-electron chi connectivity index (χ2n) is 9.97. The van der Waals surface area contributed by atoms with Gasteiger partial charge >= 0.3 is 0 Å². The van der Waals surface area contributed by atoms with Gasteiger partial charge in [0.05, 0.1) is 23.1 Å². The third-order valence-electron chi connectivity index (χ3n) is 8.09. The largest absolute Gasteiger partial charge is 0.342 e. The summed E-state index contributed by atoms with van der Waals surface area (Å²) in [5, 5.41) is 0. The maximum absolute atomic E-state index is 13.3. The van der Waals surface area contributed by atoms with E-state index in [0.29, 0.717) is 30.8 Å². The van der Waals surface area contributed by atoms with E-state index >= 15 is 0 Å². The highest BCUT2D eigenvalue weighted by Gasteiger charge is 2.46. The van der Waals surface area contributed by atoms with Gasteiger partial charge in [-0.2, -0.15) is 0 Å². The lowest BCUT2D eigenvalue weighted by Crippen LogP contribution is -2.49. The van der Waals surface area contributed by atoms with Crippen molar-refractivity contribution >= 4 is 22.8 Å². The molecule has 4 aliphatic rings. The molecule has 6 rings (SSSR count). The van der Waals surface area contributed by atoms with Crippen molar-refractivity contribution in [2.24, 2.45) is 11.8 Å². The summed E-state index contributed by atoms with van der Waals surface area (Å²) in [4.78, 5) is 38.2. The summed E-state index contributed by atoms with van der Waals surface area (Å²) in [5.74, 6) is 1.89. The number of hydrogen-bond donors (Lipinski definition) is 3. The van der Waals surface area contributed by atoms with Crippen molar-refractivity contribution in [1.29, 1.82) is 0 Å². The number of amides is 2. The van der Waals surface area contributed by atoms with Gasteiger partial charge in [0.25, 0.3) is 0 Å². The quantitative estimate of drug-likeness (QED) is 0.685. The Hall–Kier alpha value is -2.45. The number of carbonyl (C=O) groups excluding carboxylic acids is 2. The van der Waals surface area contributed by atoms with Gasteiger partial charge in [0.1, 0.15) is 5.82 Å². The number of hydrazine groups is 1. The van der Waals surface area contributed by atoms with Gasteiger partial charge in [-0.25, -0.2) is 10.4 Å². The van der Waals surface area contributed by atoms with Crippen molar-refractivity contribution in [1.82, 2.24) is 30.6 Å². The van der Waals surface area contributed by atoms with Gasteiger partial charge in [0.15, 0.2) is 0 Å². The Morgan fingerprint density at radius 3 is 2.69 bits per heavy atom. The first-order valence-corrected chi connectivity index (χ1v) is 12.2. The summed E-state index contributed by atoms with van der Waals surface area (Å²) in [7, 11) is 0. The fourth-order valence-corrected chi connectivity index (χ4v) is 6.29. The van der Waals surface area contributed by atoms with Crippen LogP contribution in [0.2, 0.25) is 0 Å². The van der Waals surface area contributed by atoms with E-state index in [1.807, 2.05) is 28.0 Å². The van der Waals surface area contributed by atoms with Crippen LogP contribution in [-0.2, 0) is 9.59 Å². The number of benzene rings is 1. The summed E-state index contributed by atoms with van der Waals surface area (Å²) in [5.41, 5.74) is 8.83. The summed E-state index contributed by atoms with van der Waals surface area (Å²) in [6.45, 7) is 2.02. The number of nitrogens with one attached hydrogen (secondary N) is 3. The highest BCUT2D eigenvalue weighted by Crippen LogP contribution is 2.35. The number of likely N-dealkylation sites (tertiary alicyclic amines) is 2. The molecular weight excluding hydrogens is 404 g/mol. The van der Waals surface area contributed by atoms with Gasteiger partial charge < -0.3 is 14.8 Å². The van der Waals surface area contributed by atoms with Gasteiger partial charge in [-0.05, 0) is 37.8 Å². The summed E-state index contributed by atoms with van der Waals surface area (Å²) < 4.78 is 0. The zero-order chi connectivity index (χ0) is 21.7. The third-order valence-corrected chi connectivity index (χ3v) is 8.09.